The van der Waals surface area contributed by atoms with Crippen molar-refractivity contribution in [3.8, 4) is 5.88 Å². The number of nitrogens with zero attached hydrogens (tertiary/aromatic N) is 2. The lowest BCUT2D eigenvalue weighted by molar-refractivity contribution is -0.115. The van der Waals surface area contributed by atoms with Crippen molar-refractivity contribution in [1.82, 2.24) is 4.98 Å². The van der Waals surface area contributed by atoms with Crippen molar-refractivity contribution in [2.75, 3.05) is 5.75 Å². The molecule has 8 heteroatoms. The highest BCUT2D eigenvalue weighted by Gasteiger charge is 2.12. The number of azo groups is 1. The SMILES string of the molecule is O=C(CSc1ccccc1F)N=Nc1c(O)[nH]c2cc(F)ccc12. The highest BCUT2D eigenvalue weighted by molar-refractivity contribution is 8.00. The van der Waals surface area contributed by atoms with Gasteiger partial charge in [-0.2, -0.15) is 0 Å². The van der Waals surface area contributed by atoms with Gasteiger partial charge in [-0.3, -0.25) is 4.79 Å². The van der Waals surface area contributed by atoms with Gasteiger partial charge < -0.3 is 10.1 Å². The standard InChI is InChI=1S/C16H11F2N3O2S/c17-9-5-6-10-12(7-9)19-16(23)15(10)21-20-14(22)8-24-13-4-2-1-3-11(13)18/h1-7,19,23H,8H2. The van der Waals surface area contributed by atoms with Crippen LogP contribution in [0.15, 0.2) is 57.6 Å². The van der Waals surface area contributed by atoms with Crippen LogP contribution in [0, 0.1) is 11.6 Å². The predicted molar refractivity (Wildman–Crippen MR) is 86.6 cm³/mol. The molecule has 0 aliphatic carbocycles. The van der Waals surface area contributed by atoms with Gasteiger partial charge in [0.25, 0.3) is 5.91 Å². The number of amides is 1. The number of H-pyrrole nitrogens is 1. The fraction of sp³-hybridized carbons (Fsp3) is 0.0625. The topological polar surface area (TPSA) is 77.8 Å². The number of aromatic amines is 1. The molecule has 2 N–H and O–H groups in total. The van der Waals surface area contributed by atoms with Crippen LogP contribution in [0.4, 0.5) is 14.5 Å². The van der Waals surface area contributed by atoms with E-state index < -0.39 is 17.5 Å². The monoisotopic (exact) mass is 347 g/mol. The fourth-order valence-electron chi connectivity index (χ4n) is 2.08. The van der Waals surface area contributed by atoms with Gasteiger partial charge in [0.05, 0.1) is 11.3 Å². The number of carbonyl (C=O) groups excluding carboxylic acids is 1. The Bertz CT molecular complexity index is 940. The number of hydrogen-bond donors (Lipinski definition) is 2. The Labute approximate surface area is 139 Å². The Morgan fingerprint density at radius 1 is 1.21 bits per heavy atom. The van der Waals surface area contributed by atoms with E-state index in [4.69, 9.17) is 0 Å². The molecule has 1 heterocycles. The summed E-state index contributed by atoms with van der Waals surface area (Å²) in [6, 6.07) is 9.92. The summed E-state index contributed by atoms with van der Waals surface area (Å²) in [5, 5.41) is 17.5. The lowest BCUT2D eigenvalue weighted by Gasteiger charge is -1.99. The van der Waals surface area contributed by atoms with Gasteiger partial charge in [-0.1, -0.05) is 12.1 Å². The summed E-state index contributed by atoms with van der Waals surface area (Å²) in [6.45, 7) is 0. The molecule has 0 fully saturated rings. The van der Waals surface area contributed by atoms with Gasteiger partial charge in [-0.25, -0.2) is 8.78 Å². The van der Waals surface area contributed by atoms with Crippen LogP contribution in [0.5, 0.6) is 5.88 Å². The van der Waals surface area contributed by atoms with Crippen molar-refractivity contribution in [3.63, 3.8) is 0 Å². The number of aromatic hydroxyl groups is 1. The van der Waals surface area contributed by atoms with E-state index in [1.54, 1.807) is 18.2 Å². The zero-order valence-electron chi connectivity index (χ0n) is 12.2. The van der Waals surface area contributed by atoms with Gasteiger partial charge in [-0.05, 0) is 30.3 Å². The molecule has 1 aromatic heterocycles. The largest absolute Gasteiger partial charge is 0.493 e. The van der Waals surface area contributed by atoms with Crippen molar-refractivity contribution < 1.29 is 18.7 Å². The Morgan fingerprint density at radius 3 is 2.79 bits per heavy atom. The first-order valence-electron chi connectivity index (χ1n) is 6.86. The molecule has 0 saturated carbocycles. The number of thioether (sulfide) groups is 1. The minimum Gasteiger partial charge on any atom is -0.493 e. The van der Waals surface area contributed by atoms with Crippen molar-refractivity contribution in [3.05, 3.63) is 54.1 Å². The second-order valence-electron chi connectivity index (χ2n) is 4.82. The lowest BCUT2D eigenvalue weighted by Crippen LogP contribution is -1.96. The molecule has 24 heavy (non-hydrogen) atoms. The second kappa shape index (κ2) is 6.79. The number of fused-ring (bicyclic) bond motifs is 1. The zero-order valence-corrected chi connectivity index (χ0v) is 13.0. The quantitative estimate of drug-likeness (QED) is 0.537. The highest BCUT2D eigenvalue weighted by atomic mass is 32.2. The minimum absolute atomic E-state index is 0.0502. The molecule has 0 radical (unpaired) electrons. The molecule has 2 aromatic carbocycles. The maximum absolute atomic E-state index is 13.5. The summed E-state index contributed by atoms with van der Waals surface area (Å²) in [5.74, 6) is -1.87. The molecule has 0 aliphatic rings. The smallest absolute Gasteiger partial charge is 0.274 e. The summed E-state index contributed by atoms with van der Waals surface area (Å²) in [7, 11) is 0. The highest BCUT2D eigenvalue weighted by Crippen LogP contribution is 2.35. The van der Waals surface area contributed by atoms with E-state index in [1.165, 1.54) is 24.3 Å². The van der Waals surface area contributed by atoms with E-state index in [0.29, 0.717) is 15.8 Å². The average Bonchev–Trinajstić information content (AvgIpc) is 2.86. The lowest BCUT2D eigenvalue weighted by atomic mass is 10.2. The number of rotatable bonds is 4. The third-order valence-electron chi connectivity index (χ3n) is 3.16. The molecular weight excluding hydrogens is 336 g/mol. The van der Waals surface area contributed by atoms with Crippen LogP contribution >= 0.6 is 11.8 Å². The normalized spacial score (nSPS) is 11.4. The maximum Gasteiger partial charge on any atom is 0.274 e. The molecule has 0 atom stereocenters. The number of benzene rings is 2. The van der Waals surface area contributed by atoms with Crippen LogP contribution in [0.25, 0.3) is 10.9 Å². The molecule has 1 amide bonds. The number of aromatic nitrogens is 1. The molecule has 0 aliphatic heterocycles. The molecule has 0 unspecified atom stereocenters. The summed E-state index contributed by atoms with van der Waals surface area (Å²) in [6.07, 6.45) is 0. The molecular formula is C16H11F2N3O2S. The van der Waals surface area contributed by atoms with Crippen molar-refractivity contribution in [1.29, 1.82) is 0 Å². The first-order chi connectivity index (χ1) is 11.5. The summed E-state index contributed by atoms with van der Waals surface area (Å²) < 4.78 is 26.6. The van der Waals surface area contributed by atoms with Crippen LogP contribution in [0.1, 0.15) is 0 Å². The van der Waals surface area contributed by atoms with E-state index in [0.717, 1.165) is 11.8 Å². The van der Waals surface area contributed by atoms with E-state index in [9.17, 15) is 18.7 Å². The van der Waals surface area contributed by atoms with E-state index in [2.05, 4.69) is 15.2 Å². The van der Waals surface area contributed by atoms with Crippen molar-refractivity contribution in [2.24, 2.45) is 10.2 Å². The second-order valence-corrected chi connectivity index (χ2v) is 5.84. The van der Waals surface area contributed by atoms with E-state index >= 15 is 0 Å². The molecule has 0 bridgehead atoms. The maximum atomic E-state index is 13.5. The van der Waals surface area contributed by atoms with Gasteiger partial charge in [0.15, 0.2) is 5.69 Å². The van der Waals surface area contributed by atoms with Gasteiger partial charge in [0.2, 0.25) is 5.88 Å². The Hall–Kier alpha value is -2.74. The molecule has 3 aromatic rings. The first kappa shape index (κ1) is 16.1. The fourth-order valence-corrected chi connectivity index (χ4v) is 2.80. The van der Waals surface area contributed by atoms with Crippen LogP contribution in [-0.2, 0) is 4.79 Å². The molecule has 3 rings (SSSR count). The zero-order chi connectivity index (χ0) is 17.1. The number of hydrogen-bond acceptors (Lipinski definition) is 4. The van der Waals surface area contributed by atoms with Gasteiger partial charge in [0, 0.05) is 10.3 Å². The minimum atomic E-state index is -0.584. The van der Waals surface area contributed by atoms with Crippen molar-refractivity contribution in [2.45, 2.75) is 4.90 Å². The summed E-state index contributed by atoms with van der Waals surface area (Å²) >= 11 is 1.00. The first-order valence-corrected chi connectivity index (χ1v) is 7.85. The summed E-state index contributed by atoms with van der Waals surface area (Å²) in [4.78, 5) is 14.7. The molecule has 5 nitrogen and oxygen atoms in total. The average molecular weight is 347 g/mol. The summed E-state index contributed by atoms with van der Waals surface area (Å²) in [5.41, 5.74) is 0.392. The van der Waals surface area contributed by atoms with Crippen LogP contribution in [0.3, 0.4) is 0 Å². The van der Waals surface area contributed by atoms with E-state index in [-0.39, 0.29) is 17.3 Å². The third kappa shape index (κ3) is 3.43. The number of halogens is 2. The van der Waals surface area contributed by atoms with Crippen LogP contribution in [-0.4, -0.2) is 21.8 Å². The van der Waals surface area contributed by atoms with Crippen LogP contribution < -0.4 is 0 Å². The Balaban J connectivity index is 1.73. The van der Waals surface area contributed by atoms with Crippen molar-refractivity contribution >= 4 is 34.3 Å². The van der Waals surface area contributed by atoms with Gasteiger partial charge >= 0.3 is 0 Å². The third-order valence-corrected chi connectivity index (χ3v) is 4.20. The number of nitrogens with one attached hydrogen (secondary N) is 1. The van der Waals surface area contributed by atoms with Gasteiger partial charge in [0.1, 0.15) is 11.6 Å². The molecule has 0 spiro atoms. The van der Waals surface area contributed by atoms with Crippen LogP contribution in [0.2, 0.25) is 0 Å². The number of carbonyl (C=O) groups is 1. The van der Waals surface area contributed by atoms with Gasteiger partial charge in [-0.15, -0.1) is 22.0 Å². The Kier molecular flexibility index (Phi) is 4.57. The predicted octanol–water partition coefficient (Wildman–Crippen LogP) is 4.55. The van der Waals surface area contributed by atoms with E-state index in [1.807, 2.05) is 0 Å². The molecule has 0 saturated heterocycles. The Morgan fingerprint density at radius 2 is 2.00 bits per heavy atom. The molecule has 122 valence electrons.